The maximum atomic E-state index is 14.2. The first-order chi connectivity index (χ1) is 29.2. The number of nitrogen functional groups attached to an aromatic ring is 1. The van der Waals surface area contributed by atoms with E-state index in [0.717, 1.165) is 41.0 Å². The number of nitrogens with one attached hydrogen (secondary N) is 1. The van der Waals surface area contributed by atoms with E-state index < -0.39 is 34.8 Å². The van der Waals surface area contributed by atoms with E-state index in [1.165, 1.54) is 0 Å². The lowest BCUT2D eigenvalue weighted by atomic mass is 9.61. The number of rotatable bonds is 13. The summed E-state index contributed by atoms with van der Waals surface area (Å²) in [6.07, 6.45) is 9.08. The van der Waals surface area contributed by atoms with Crippen LogP contribution in [0.5, 0.6) is 5.75 Å². The van der Waals surface area contributed by atoms with Crippen molar-refractivity contribution in [3.63, 3.8) is 0 Å². The molecule has 14 heteroatoms. The van der Waals surface area contributed by atoms with Gasteiger partial charge in [-0.25, -0.2) is 14.6 Å². The van der Waals surface area contributed by atoms with E-state index in [-0.39, 0.29) is 30.9 Å². The summed E-state index contributed by atoms with van der Waals surface area (Å²) in [4.78, 5) is 48.0. The van der Waals surface area contributed by atoms with Crippen LogP contribution in [0.4, 0.5) is 5.82 Å². The number of esters is 1. The minimum atomic E-state index is -1.21. The average molecular weight is 875 g/mol. The third kappa shape index (κ3) is 9.30. The number of amides is 1. The van der Waals surface area contributed by atoms with Crippen molar-refractivity contribution >= 4 is 50.3 Å². The molecule has 7 atom stereocenters. The molecule has 5 heterocycles. The van der Waals surface area contributed by atoms with Gasteiger partial charge >= 0.3 is 11.6 Å². The number of carbonyl (C=O) groups is 2. The number of fused-ring (bicyclic) bond motifs is 7. The molecule has 0 saturated carbocycles. The molecule has 0 radical (unpaired) electrons. The third-order valence-corrected chi connectivity index (χ3v) is 15.8. The van der Waals surface area contributed by atoms with Crippen molar-refractivity contribution in [3.05, 3.63) is 86.4 Å². The van der Waals surface area contributed by atoms with Gasteiger partial charge in [0.05, 0.1) is 18.4 Å². The average Bonchev–Trinajstić information content (AvgIpc) is 3.59. The van der Waals surface area contributed by atoms with Crippen LogP contribution in [0.1, 0.15) is 94.9 Å². The molecule has 330 valence electrons. The molecule has 1 spiro atoms. The quantitative estimate of drug-likeness (QED) is 0.0479. The van der Waals surface area contributed by atoms with Crippen LogP contribution in [0.3, 0.4) is 0 Å². The molecule has 2 aromatic heterocycles. The Bertz CT molecular complexity index is 2240. The smallest absolute Gasteiger partial charge is 0.339 e. The van der Waals surface area contributed by atoms with Crippen molar-refractivity contribution < 1.29 is 33.7 Å². The van der Waals surface area contributed by atoms with Crippen LogP contribution in [0.2, 0.25) is 0 Å². The van der Waals surface area contributed by atoms with Crippen LogP contribution in [-0.2, 0) is 33.6 Å². The number of allylic oxidation sites excluding steroid dienone is 1. The monoisotopic (exact) mass is 874 g/mol. The lowest BCUT2D eigenvalue weighted by Gasteiger charge is -2.52. The molecular formula is C47H62N4O8S2. The second kappa shape index (κ2) is 18.9. The summed E-state index contributed by atoms with van der Waals surface area (Å²) >= 11 is 0. The number of anilines is 1. The number of carbonyl (C=O) groups excluding carboxylic acids is 2. The van der Waals surface area contributed by atoms with Gasteiger partial charge in [0.2, 0.25) is 5.91 Å². The number of nitrogens with zero attached hydrogens (tertiary/aromatic N) is 2. The van der Waals surface area contributed by atoms with Crippen LogP contribution in [0.25, 0.3) is 11.0 Å². The molecule has 1 fully saturated rings. The van der Waals surface area contributed by atoms with Crippen LogP contribution >= 0.6 is 21.6 Å². The summed E-state index contributed by atoms with van der Waals surface area (Å²) in [6, 6.07) is 7.57. The summed E-state index contributed by atoms with van der Waals surface area (Å²) < 4.78 is 19.9. The molecular weight excluding hydrogens is 813 g/mol. The van der Waals surface area contributed by atoms with Crippen LogP contribution < -0.4 is 21.4 Å². The molecule has 4 aliphatic rings. The number of aromatic nitrogens is 1. The summed E-state index contributed by atoms with van der Waals surface area (Å²) in [7, 11) is 5.47. The number of pyridine rings is 1. The predicted molar refractivity (Wildman–Crippen MR) is 243 cm³/mol. The highest BCUT2D eigenvalue weighted by atomic mass is 33.1. The molecule has 3 aromatic rings. The van der Waals surface area contributed by atoms with Crippen molar-refractivity contribution in [1.82, 2.24) is 15.2 Å². The summed E-state index contributed by atoms with van der Waals surface area (Å²) in [5, 5.41) is 24.9. The molecule has 0 bridgehead atoms. The molecule has 5 N–H and O–H groups in total. The van der Waals surface area contributed by atoms with E-state index in [4.69, 9.17) is 19.6 Å². The number of aliphatic hydroxyl groups excluding tert-OH is 2. The largest absolute Gasteiger partial charge is 0.481 e. The van der Waals surface area contributed by atoms with Crippen molar-refractivity contribution in [2.75, 3.05) is 44.0 Å². The van der Waals surface area contributed by atoms with Gasteiger partial charge in [0.15, 0.2) is 11.2 Å². The summed E-state index contributed by atoms with van der Waals surface area (Å²) in [5.41, 5.74) is 8.38. The van der Waals surface area contributed by atoms with Gasteiger partial charge in [-0.15, -0.1) is 0 Å². The number of nitrogens with two attached hydrogens (primary N) is 1. The molecule has 1 saturated heterocycles. The highest BCUT2D eigenvalue weighted by Crippen LogP contribution is 2.58. The van der Waals surface area contributed by atoms with E-state index >= 15 is 0 Å². The van der Waals surface area contributed by atoms with Gasteiger partial charge < -0.3 is 40.1 Å². The first kappa shape index (κ1) is 45.2. The summed E-state index contributed by atoms with van der Waals surface area (Å²) in [5.74, 6) is 2.03. The SMILES string of the molecule is C/C=C(\C)C(=O)O[C@]1(C)CC=C2CSSC[C@@H]3[C@@H](CNC)CN3C(=O)Cc3cnc(N)cc3[C@H]2[C@]12Cc1cc3cc(C[C@H](CO)CC[C@H](O)CCC(C)C)c(=O)oc3cc1O2. The van der Waals surface area contributed by atoms with Gasteiger partial charge in [-0.3, -0.25) is 4.79 Å². The zero-order valence-corrected chi connectivity index (χ0v) is 38.0. The Morgan fingerprint density at radius 2 is 1.93 bits per heavy atom. The Morgan fingerprint density at radius 1 is 1.15 bits per heavy atom. The van der Waals surface area contributed by atoms with E-state index in [9.17, 15) is 24.6 Å². The Hall–Kier alpha value is -3.82. The topological polar surface area (TPSA) is 177 Å². The van der Waals surface area contributed by atoms with Crippen molar-refractivity contribution in [2.45, 2.75) is 115 Å². The number of aliphatic hydroxyl groups is 2. The number of benzene rings is 1. The normalized spacial score (nSPS) is 26.2. The molecule has 12 nitrogen and oxygen atoms in total. The van der Waals surface area contributed by atoms with Gasteiger partial charge in [-0.05, 0) is 107 Å². The molecule has 3 aliphatic heterocycles. The van der Waals surface area contributed by atoms with Gasteiger partial charge in [-0.1, -0.05) is 53.2 Å². The van der Waals surface area contributed by atoms with Crippen LogP contribution in [0.15, 0.2) is 63.0 Å². The second-order valence-electron chi connectivity index (χ2n) is 18.2. The standard InChI is InChI=1S/C47H62N4O8S2/c1-7-28(4)44(55)59-46(5)13-12-30-25-60-61-26-38-35(21-49-6)23-51(38)42(54)17-34-22-50-41(48)18-37(34)43(30)47(46)20-33-16-31-15-32(45(56)57-39(31)19-40(33)58-47)14-29(24-52)9-11-36(53)10-8-27(2)3/h7,12,15-16,18-19,22,27,29,35-36,38,43,49,52-53H,8-11,13-14,17,20-21,23-26H2,1-6H3,(H2,48,50)/b28-7+/t29-,35+,36-,38-,43+,46-,47-/m1/s1. The second-order valence-corrected chi connectivity index (χ2v) is 20.7. The maximum absolute atomic E-state index is 14.2. The first-order valence-corrected chi connectivity index (χ1v) is 24.2. The van der Waals surface area contributed by atoms with Crippen molar-refractivity contribution in [2.24, 2.45) is 17.8 Å². The van der Waals surface area contributed by atoms with Crippen LogP contribution in [-0.4, -0.2) is 93.6 Å². The minimum Gasteiger partial charge on any atom is -0.481 e. The van der Waals surface area contributed by atoms with Gasteiger partial charge in [0.25, 0.3) is 0 Å². The Kier molecular flexibility index (Phi) is 14.0. The van der Waals surface area contributed by atoms with E-state index in [1.807, 2.05) is 37.1 Å². The van der Waals surface area contributed by atoms with Gasteiger partial charge in [0.1, 0.15) is 17.2 Å². The summed E-state index contributed by atoms with van der Waals surface area (Å²) in [6.45, 7) is 11.1. The molecule has 1 aliphatic carbocycles. The molecule has 7 rings (SSSR count). The fourth-order valence-corrected chi connectivity index (χ4v) is 12.2. The molecule has 1 aromatic carbocycles. The van der Waals surface area contributed by atoms with Crippen molar-refractivity contribution in [1.29, 1.82) is 0 Å². The Morgan fingerprint density at radius 3 is 2.67 bits per heavy atom. The minimum absolute atomic E-state index is 0.0306. The van der Waals surface area contributed by atoms with Crippen LogP contribution in [0, 0.1) is 17.8 Å². The van der Waals surface area contributed by atoms with E-state index in [2.05, 4.69) is 30.2 Å². The third-order valence-electron chi connectivity index (χ3n) is 13.5. The zero-order chi connectivity index (χ0) is 43.6. The lowest BCUT2D eigenvalue weighted by Crippen LogP contribution is -2.64. The lowest BCUT2D eigenvalue weighted by molar-refractivity contribution is -0.183. The van der Waals surface area contributed by atoms with E-state index in [1.54, 1.807) is 53.8 Å². The first-order valence-electron chi connectivity index (χ1n) is 21.7. The fraction of sp³-hybridized carbons (Fsp3) is 0.574. The fourth-order valence-electron chi connectivity index (χ4n) is 9.62. The number of hydrogen-bond acceptors (Lipinski definition) is 13. The zero-order valence-electron chi connectivity index (χ0n) is 36.3. The number of hydrogen-bond donors (Lipinski definition) is 4. The Labute approximate surface area is 366 Å². The Balaban J connectivity index is 1.28. The molecule has 61 heavy (non-hydrogen) atoms. The van der Waals surface area contributed by atoms with Crippen molar-refractivity contribution in [3.8, 4) is 5.75 Å². The maximum Gasteiger partial charge on any atom is 0.339 e. The van der Waals surface area contributed by atoms with Gasteiger partial charge in [-0.2, -0.15) is 0 Å². The molecule has 1 amide bonds. The predicted octanol–water partition coefficient (Wildman–Crippen LogP) is 6.54. The van der Waals surface area contributed by atoms with Gasteiger partial charge in [0, 0.05) is 84.8 Å². The number of ether oxygens (including phenoxy) is 2. The highest BCUT2D eigenvalue weighted by Gasteiger charge is 2.64. The van der Waals surface area contributed by atoms with E-state index in [0.29, 0.717) is 96.3 Å². The molecule has 0 unspecified atom stereocenters. The highest BCUT2D eigenvalue weighted by molar-refractivity contribution is 8.76.